The van der Waals surface area contributed by atoms with Crippen molar-refractivity contribution in [2.75, 3.05) is 5.32 Å². The van der Waals surface area contributed by atoms with Crippen LogP contribution >= 0.6 is 34.5 Å². The van der Waals surface area contributed by atoms with Crippen LogP contribution in [0, 0.1) is 10.1 Å². The molecule has 13 heteroatoms. The van der Waals surface area contributed by atoms with E-state index in [0.717, 1.165) is 23.0 Å². The zero-order valence-corrected chi connectivity index (χ0v) is 21.3. The van der Waals surface area contributed by atoms with Crippen molar-refractivity contribution in [3.05, 3.63) is 108 Å². The number of anilines is 1. The van der Waals surface area contributed by atoms with Crippen molar-refractivity contribution in [3.63, 3.8) is 0 Å². The molecule has 0 aliphatic carbocycles. The second-order valence-corrected chi connectivity index (χ2v) is 9.37. The topological polar surface area (TPSA) is 90.7 Å². The van der Waals surface area contributed by atoms with Crippen LogP contribution in [0.3, 0.4) is 0 Å². The third kappa shape index (κ3) is 6.36. The highest BCUT2D eigenvalue weighted by molar-refractivity contribution is 7.12. The van der Waals surface area contributed by atoms with Gasteiger partial charge in [0.2, 0.25) is 5.75 Å². The summed E-state index contributed by atoms with van der Waals surface area (Å²) in [6.07, 6.45) is -4.78. The Labute approximate surface area is 227 Å². The predicted molar refractivity (Wildman–Crippen MR) is 138 cm³/mol. The van der Waals surface area contributed by atoms with Crippen LogP contribution in [-0.2, 0) is 12.8 Å². The summed E-state index contributed by atoms with van der Waals surface area (Å²) in [6, 6.07) is 15.4. The average molecular weight is 583 g/mol. The molecule has 0 aliphatic heterocycles. The number of carbonyl (C=O) groups is 1. The number of halogens is 5. The van der Waals surface area contributed by atoms with Gasteiger partial charge in [-0.05, 0) is 35.2 Å². The maximum absolute atomic E-state index is 13.0. The summed E-state index contributed by atoms with van der Waals surface area (Å²) in [5.74, 6) is -0.974. The number of alkyl halides is 3. The molecule has 7 nitrogen and oxygen atoms in total. The smallest absolute Gasteiger partial charge is 0.416 e. The Kier molecular flexibility index (Phi) is 8.10. The van der Waals surface area contributed by atoms with Gasteiger partial charge in [-0.25, -0.2) is 0 Å². The number of ether oxygens (including phenoxy) is 2. The van der Waals surface area contributed by atoms with Gasteiger partial charge in [0.25, 0.3) is 5.91 Å². The maximum Gasteiger partial charge on any atom is 0.416 e. The van der Waals surface area contributed by atoms with Gasteiger partial charge < -0.3 is 14.8 Å². The first-order valence-corrected chi connectivity index (χ1v) is 12.2. The number of nitrogens with one attached hydrogen (secondary N) is 1. The van der Waals surface area contributed by atoms with Gasteiger partial charge in [-0.3, -0.25) is 14.9 Å². The summed E-state index contributed by atoms with van der Waals surface area (Å²) < 4.78 is 50.2. The van der Waals surface area contributed by atoms with Gasteiger partial charge in [0.05, 0.1) is 26.2 Å². The fraction of sp³-hybridized carbons (Fsp3) is 0.0800. The Hall–Kier alpha value is -3.80. The lowest BCUT2D eigenvalue weighted by molar-refractivity contribution is -0.385. The molecule has 0 unspecified atom stereocenters. The van der Waals surface area contributed by atoms with E-state index in [1.807, 2.05) is 30.3 Å². The van der Waals surface area contributed by atoms with E-state index in [9.17, 15) is 28.1 Å². The minimum absolute atomic E-state index is 0.00281. The van der Waals surface area contributed by atoms with Crippen LogP contribution in [0.1, 0.15) is 20.8 Å². The fourth-order valence-corrected chi connectivity index (χ4v) is 4.43. The zero-order chi connectivity index (χ0) is 27.4. The van der Waals surface area contributed by atoms with Crippen molar-refractivity contribution < 1.29 is 32.4 Å². The molecular weight excluding hydrogens is 568 g/mol. The summed E-state index contributed by atoms with van der Waals surface area (Å²) in [7, 11) is 0. The molecule has 0 aliphatic rings. The number of thiophene rings is 1. The molecule has 4 rings (SSSR count). The second-order valence-electron chi connectivity index (χ2n) is 7.64. The van der Waals surface area contributed by atoms with Crippen molar-refractivity contribution in [1.82, 2.24) is 0 Å². The van der Waals surface area contributed by atoms with E-state index in [0.29, 0.717) is 12.1 Å². The molecule has 4 aromatic rings. The van der Waals surface area contributed by atoms with Gasteiger partial charge in [0, 0.05) is 12.1 Å². The van der Waals surface area contributed by atoms with E-state index in [1.54, 1.807) is 0 Å². The minimum Gasteiger partial charge on any atom is -0.487 e. The highest BCUT2D eigenvalue weighted by Crippen LogP contribution is 2.40. The normalized spacial score (nSPS) is 11.2. The van der Waals surface area contributed by atoms with Gasteiger partial charge >= 0.3 is 11.9 Å². The Morgan fingerprint density at radius 1 is 0.974 bits per heavy atom. The largest absolute Gasteiger partial charge is 0.487 e. The molecule has 38 heavy (non-hydrogen) atoms. The predicted octanol–water partition coefficient (Wildman–Crippen LogP) is 8.61. The number of nitrogens with zero attached hydrogens (tertiary/aromatic N) is 1. The standard InChI is InChI=1S/C25H15Cl2F3N2O5S/c26-16-11-17(27)22(36-13-14-4-2-1-3-5-14)12-18(16)31-24(33)23-21(8-9-38-23)37-20-7-6-15(25(28,29)30)10-19(20)32(34)35/h1-12H,13H2,(H,31,33). The highest BCUT2D eigenvalue weighted by Gasteiger charge is 2.33. The van der Waals surface area contributed by atoms with Crippen molar-refractivity contribution in [1.29, 1.82) is 0 Å². The number of nitro groups is 1. The first kappa shape index (κ1) is 27.2. The molecule has 0 spiro atoms. The maximum atomic E-state index is 13.0. The quantitative estimate of drug-likeness (QED) is 0.166. The molecule has 1 amide bonds. The summed E-state index contributed by atoms with van der Waals surface area (Å²) in [6.45, 7) is 0.213. The molecule has 0 bridgehead atoms. The number of hydrogen-bond acceptors (Lipinski definition) is 6. The van der Waals surface area contributed by atoms with Gasteiger partial charge in [-0.15, -0.1) is 11.3 Å². The Morgan fingerprint density at radius 2 is 1.71 bits per heavy atom. The first-order valence-electron chi connectivity index (χ1n) is 10.6. The van der Waals surface area contributed by atoms with Crippen LogP contribution in [0.5, 0.6) is 17.2 Å². The Balaban J connectivity index is 1.55. The van der Waals surface area contributed by atoms with Crippen molar-refractivity contribution in [3.8, 4) is 17.2 Å². The van der Waals surface area contributed by atoms with E-state index in [-0.39, 0.29) is 38.7 Å². The van der Waals surface area contributed by atoms with Gasteiger partial charge in [-0.1, -0.05) is 53.5 Å². The lowest BCUT2D eigenvalue weighted by Gasteiger charge is -2.13. The molecule has 1 aromatic heterocycles. The monoisotopic (exact) mass is 582 g/mol. The van der Waals surface area contributed by atoms with Crippen LogP contribution in [0.4, 0.5) is 24.5 Å². The molecule has 0 atom stereocenters. The molecule has 0 fully saturated rings. The van der Waals surface area contributed by atoms with E-state index >= 15 is 0 Å². The lowest BCUT2D eigenvalue weighted by atomic mass is 10.2. The van der Waals surface area contributed by atoms with Crippen LogP contribution in [0.2, 0.25) is 10.0 Å². The summed E-state index contributed by atoms with van der Waals surface area (Å²) in [5, 5.41) is 15.8. The summed E-state index contributed by atoms with van der Waals surface area (Å²) in [4.78, 5) is 23.4. The molecule has 3 aromatic carbocycles. The van der Waals surface area contributed by atoms with Crippen LogP contribution in [0.15, 0.2) is 72.1 Å². The van der Waals surface area contributed by atoms with Crippen molar-refractivity contribution >= 4 is 51.8 Å². The number of hydrogen-bond donors (Lipinski definition) is 1. The third-order valence-corrected chi connectivity index (χ3v) is 6.55. The highest BCUT2D eigenvalue weighted by atomic mass is 35.5. The number of carbonyl (C=O) groups excluding carboxylic acids is 1. The number of nitro benzene ring substituents is 1. The molecule has 1 heterocycles. The van der Waals surface area contributed by atoms with E-state index < -0.39 is 34.0 Å². The number of amides is 1. The molecule has 1 N–H and O–H groups in total. The van der Waals surface area contributed by atoms with E-state index in [1.165, 1.54) is 23.6 Å². The average Bonchev–Trinajstić information content (AvgIpc) is 3.33. The molecule has 0 radical (unpaired) electrons. The van der Waals surface area contributed by atoms with Crippen LogP contribution in [-0.4, -0.2) is 10.8 Å². The number of benzene rings is 3. The summed E-state index contributed by atoms with van der Waals surface area (Å²) >= 11 is 13.4. The van der Waals surface area contributed by atoms with Crippen molar-refractivity contribution in [2.45, 2.75) is 12.8 Å². The zero-order valence-electron chi connectivity index (χ0n) is 18.9. The van der Waals surface area contributed by atoms with Gasteiger partial charge in [-0.2, -0.15) is 13.2 Å². The molecule has 196 valence electrons. The van der Waals surface area contributed by atoms with Crippen molar-refractivity contribution in [2.24, 2.45) is 0 Å². The molecular formula is C25H15Cl2F3N2O5S. The van der Waals surface area contributed by atoms with E-state index in [4.69, 9.17) is 32.7 Å². The third-order valence-electron chi connectivity index (χ3n) is 5.05. The van der Waals surface area contributed by atoms with Gasteiger partial charge in [0.1, 0.15) is 17.2 Å². The summed E-state index contributed by atoms with van der Waals surface area (Å²) in [5.41, 5.74) is -1.05. The molecule has 0 saturated carbocycles. The lowest BCUT2D eigenvalue weighted by Crippen LogP contribution is -2.12. The second kappa shape index (κ2) is 11.3. The SMILES string of the molecule is O=C(Nc1cc(OCc2ccccc2)c(Cl)cc1Cl)c1sccc1Oc1ccc(C(F)(F)F)cc1[N+](=O)[O-]. The number of rotatable bonds is 8. The van der Waals surface area contributed by atoms with Gasteiger partial charge in [0.15, 0.2) is 5.75 Å². The fourth-order valence-electron chi connectivity index (χ4n) is 3.23. The van der Waals surface area contributed by atoms with E-state index in [2.05, 4.69) is 5.32 Å². The van der Waals surface area contributed by atoms with Crippen LogP contribution in [0.25, 0.3) is 0 Å². The van der Waals surface area contributed by atoms with Crippen LogP contribution < -0.4 is 14.8 Å². The first-order chi connectivity index (χ1) is 18.0. The Morgan fingerprint density at radius 3 is 2.39 bits per heavy atom. The minimum atomic E-state index is -4.78. The molecule has 0 saturated heterocycles. The Bertz CT molecular complexity index is 1500.